The first-order valence-electron chi connectivity index (χ1n) is 22.2. The fraction of sp³-hybridized carbons (Fsp3) is 0. The summed E-state index contributed by atoms with van der Waals surface area (Å²) >= 11 is 0. The second-order valence-electron chi connectivity index (χ2n) is 16.7. The summed E-state index contributed by atoms with van der Waals surface area (Å²) < 4.78 is 4.65. The maximum Gasteiger partial charge on any atom is 0.138 e. The molecular formula is C60H38N6. The molecule has 308 valence electrons. The second-order valence-corrected chi connectivity index (χ2v) is 16.7. The molecule has 7 aromatic carbocycles. The molecule has 0 amide bonds. The van der Waals surface area contributed by atoms with Gasteiger partial charge in [-0.15, -0.1) is 0 Å². The van der Waals surface area contributed by atoms with E-state index in [2.05, 4.69) is 191 Å². The van der Waals surface area contributed by atoms with E-state index < -0.39 is 0 Å². The van der Waals surface area contributed by atoms with Crippen LogP contribution in [-0.2, 0) is 0 Å². The van der Waals surface area contributed by atoms with Crippen LogP contribution in [0.1, 0.15) is 0 Å². The zero-order chi connectivity index (χ0) is 43.6. The molecule has 0 bridgehead atoms. The fourth-order valence-electron chi connectivity index (χ4n) is 9.83. The average Bonchev–Trinajstić information content (AvgIpc) is 3.92. The Bertz CT molecular complexity index is 3880. The van der Waals surface area contributed by atoms with Crippen LogP contribution in [0.4, 0.5) is 0 Å². The van der Waals surface area contributed by atoms with Crippen LogP contribution < -0.4 is 0 Å². The number of fused-ring (bicyclic) bond motifs is 9. The van der Waals surface area contributed by atoms with Gasteiger partial charge in [0.05, 0.1) is 39.1 Å². The maximum atomic E-state index is 5.46. The molecule has 6 heterocycles. The quantitative estimate of drug-likeness (QED) is 0.160. The second kappa shape index (κ2) is 15.4. The first kappa shape index (κ1) is 37.5. The van der Waals surface area contributed by atoms with Gasteiger partial charge in [0.1, 0.15) is 11.6 Å². The van der Waals surface area contributed by atoms with Gasteiger partial charge in [-0.3, -0.25) is 19.1 Å². The Morgan fingerprint density at radius 1 is 0.273 bits per heavy atom. The highest BCUT2D eigenvalue weighted by atomic mass is 15.1. The number of hydrogen-bond acceptors (Lipinski definition) is 4. The lowest BCUT2D eigenvalue weighted by Gasteiger charge is -2.13. The summed E-state index contributed by atoms with van der Waals surface area (Å²) in [7, 11) is 0. The molecule has 0 fully saturated rings. The smallest absolute Gasteiger partial charge is 0.138 e. The Kier molecular flexibility index (Phi) is 8.74. The number of aromatic nitrogens is 6. The monoisotopic (exact) mass is 842 g/mol. The van der Waals surface area contributed by atoms with Crippen LogP contribution in [0.25, 0.3) is 122 Å². The lowest BCUT2D eigenvalue weighted by Crippen LogP contribution is -2.00. The molecule has 0 saturated carbocycles. The fourth-order valence-corrected chi connectivity index (χ4v) is 9.83. The Morgan fingerprint density at radius 3 is 1.27 bits per heavy atom. The number of benzene rings is 7. The molecule has 0 aliphatic rings. The van der Waals surface area contributed by atoms with Crippen LogP contribution in [0.5, 0.6) is 0 Å². The molecule has 0 saturated heterocycles. The highest BCUT2D eigenvalue weighted by molar-refractivity contribution is 6.30. The molecule has 0 aliphatic heterocycles. The largest absolute Gasteiger partial charge is 0.294 e. The van der Waals surface area contributed by atoms with Crippen LogP contribution in [-0.4, -0.2) is 29.1 Å². The molecule has 0 unspecified atom stereocenters. The normalized spacial score (nSPS) is 11.6. The van der Waals surface area contributed by atoms with Crippen LogP contribution in [0, 0.1) is 0 Å². The summed E-state index contributed by atoms with van der Waals surface area (Å²) in [6.07, 6.45) is 5.70. The zero-order valence-corrected chi connectivity index (χ0v) is 35.6. The van der Waals surface area contributed by atoms with Crippen molar-refractivity contribution in [1.29, 1.82) is 0 Å². The SMILES string of the molecule is c1ccc(-c2ccc(-n3c4ccc(-c5ccccn5)cc4c4c5ccc6c(c5ccc43)c3cc(-c4ccccn4)ccc3n6-c3cc(-c4ccccc4)cc(-c4ccccc4)n3)nc2)cc1. The minimum absolute atomic E-state index is 0.850. The van der Waals surface area contributed by atoms with Gasteiger partial charge < -0.3 is 0 Å². The maximum absolute atomic E-state index is 5.46. The van der Waals surface area contributed by atoms with Gasteiger partial charge in [0.25, 0.3) is 0 Å². The van der Waals surface area contributed by atoms with Crippen molar-refractivity contribution in [2.45, 2.75) is 0 Å². The van der Waals surface area contributed by atoms with E-state index in [-0.39, 0.29) is 0 Å². The third-order valence-electron chi connectivity index (χ3n) is 12.9. The predicted molar refractivity (Wildman–Crippen MR) is 271 cm³/mol. The summed E-state index contributed by atoms with van der Waals surface area (Å²) in [4.78, 5) is 20.1. The topological polar surface area (TPSA) is 61.4 Å². The van der Waals surface area contributed by atoms with Gasteiger partial charge >= 0.3 is 0 Å². The molecule has 6 heteroatoms. The van der Waals surface area contributed by atoms with Crippen molar-refractivity contribution in [3.05, 3.63) is 231 Å². The standard InChI is InChI=1S/C60H38N6/c1-4-14-39(15-5-1)44-24-31-57(63-38-44)65-53-27-22-42(50-20-10-12-32-61-50)34-48(53)59-46-26-30-56-60(47(46)25-29-55(59)65)49-35-43(51-21-11-13-33-62-51)23-28-54(49)66(56)58-37-45(40-16-6-2-7-17-40)36-52(64-58)41-18-8-3-9-19-41/h1-38H. The number of nitrogens with zero attached hydrogens (tertiary/aromatic N) is 6. The minimum Gasteiger partial charge on any atom is -0.294 e. The van der Waals surface area contributed by atoms with E-state index in [1.165, 1.54) is 0 Å². The van der Waals surface area contributed by atoms with E-state index >= 15 is 0 Å². The Balaban J connectivity index is 1.11. The van der Waals surface area contributed by atoms with Crippen LogP contribution in [0.2, 0.25) is 0 Å². The van der Waals surface area contributed by atoms with E-state index in [9.17, 15) is 0 Å². The Morgan fingerprint density at radius 2 is 0.758 bits per heavy atom. The third kappa shape index (κ3) is 6.19. The lowest BCUT2D eigenvalue weighted by molar-refractivity contribution is 1.08. The lowest BCUT2D eigenvalue weighted by atomic mass is 9.98. The molecule has 0 atom stereocenters. The number of hydrogen-bond donors (Lipinski definition) is 0. The summed E-state index contributed by atoms with van der Waals surface area (Å²) in [5.74, 6) is 1.71. The van der Waals surface area contributed by atoms with Crippen molar-refractivity contribution >= 4 is 54.4 Å². The van der Waals surface area contributed by atoms with E-state index in [0.717, 1.165) is 122 Å². The Labute approximate surface area is 380 Å². The van der Waals surface area contributed by atoms with E-state index in [4.69, 9.17) is 19.9 Å². The van der Waals surface area contributed by atoms with Gasteiger partial charge in [0.2, 0.25) is 0 Å². The zero-order valence-electron chi connectivity index (χ0n) is 35.6. The summed E-state index contributed by atoms with van der Waals surface area (Å²) in [6, 6.07) is 74.9. The highest BCUT2D eigenvalue weighted by Crippen LogP contribution is 2.44. The summed E-state index contributed by atoms with van der Waals surface area (Å²) in [5, 5.41) is 6.88. The molecule has 13 aromatic rings. The van der Waals surface area contributed by atoms with Crippen LogP contribution in [0.15, 0.2) is 231 Å². The van der Waals surface area contributed by atoms with Gasteiger partial charge in [-0.05, 0) is 112 Å². The predicted octanol–water partition coefficient (Wildman–Crippen LogP) is 14.9. The molecule has 0 spiro atoms. The van der Waals surface area contributed by atoms with Crippen molar-refractivity contribution in [3.8, 4) is 67.7 Å². The highest BCUT2D eigenvalue weighted by Gasteiger charge is 2.22. The average molecular weight is 843 g/mol. The van der Waals surface area contributed by atoms with E-state index in [1.807, 2.05) is 48.9 Å². The van der Waals surface area contributed by atoms with Crippen molar-refractivity contribution in [2.24, 2.45) is 0 Å². The minimum atomic E-state index is 0.850. The summed E-state index contributed by atoms with van der Waals surface area (Å²) in [6.45, 7) is 0. The molecule has 66 heavy (non-hydrogen) atoms. The number of pyridine rings is 4. The first-order valence-corrected chi connectivity index (χ1v) is 22.2. The van der Waals surface area contributed by atoms with Crippen LogP contribution in [0.3, 0.4) is 0 Å². The molecule has 0 N–H and O–H groups in total. The van der Waals surface area contributed by atoms with Gasteiger partial charge in [-0.1, -0.05) is 127 Å². The molecule has 13 rings (SSSR count). The van der Waals surface area contributed by atoms with Gasteiger partial charge in [0, 0.05) is 62.4 Å². The van der Waals surface area contributed by atoms with E-state index in [0.29, 0.717) is 0 Å². The molecular weight excluding hydrogens is 805 g/mol. The molecule has 0 aliphatic carbocycles. The van der Waals surface area contributed by atoms with Gasteiger partial charge in [-0.2, -0.15) is 0 Å². The molecule has 0 radical (unpaired) electrons. The van der Waals surface area contributed by atoms with Crippen LogP contribution >= 0.6 is 0 Å². The van der Waals surface area contributed by atoms with Crippen molar-refractivity contribution in [1.82, 2.24) is 29.1 Å². The Hall–Kier alpha value is -9.00. The summed E-state index contributed by atoms with van der Waals surface area (Å²) in [5.41, 5.74) is 14.7. The van der Waals surface area contributed by atoms with Gasteiger partial charge in [0.15, 0.2) is 0 Å². The third-order valence-corrected chi connectivity index (χ3v) is 12.9. The van der Waals surface area contributed by atoms with Gasteiger partial charge in [-0.25, -0.2) is 9.97 Å². The van der Waals surface area contributed by atoms with Crippen molar-refractivity contribution < 1.29 is 0 Å². The van der Waals surface area contributed by atoms with E-state index in [1.54, 1.807) is 0 Å². The number of rotatable bonds is 7. The van der Waals surface area contributed by atoms with Crippen molar-refractivity contribution in [2.75, 3.05) is 0 Å². The molecule has 6 aromatic heterocycles. The van der Waals surface area contributed by atoms with Crippen molar-refractivity contribution in [3.63, 3.8) is 0 Å². The first-order chi connectivity index (χ1) is 32.7. The molecule has 6 nitrogen and oxygen atoms in total.